The molecule has 0 unspecified atom stereocenters. The van der Waals surface area contributed by atoms with E-state index < -0.39 is 0 Å². The number of ketones is 2. The first-order chi connectivity index (χ1) is 30.1. The standard InChI is InChI=1S/C52H42O6S4/c1-31-27-49(41(33-7-15-37(55-3)16-8-33)29-43(53)35-11-19-39(57-5)20-12-35)61-51(31)47-25-23-45(59-47)46-24-26-48(60-46)52-32(2)28-50(62-52)42(34-9-17-38(56-4)18-10-34)30-44(54)36-13-21-40(58-6)22-14-36/h7-30H,1-6H3/b41-29-,42-30-. The predicted molar refractivity (Wildman–Crippen MR) is 259 cm³/mol. The van der Waals surface area contributed by atoms with Crippen molar-refractivity contribution in [3.8, 4) is 52.3 Å². The molecule has 0 saturated carbocycles. The molecule has 0 saturated heterocycles. The van der Waals surface area contributed by atoms with Gasteiger partial charge in [-0.15, -0.1) is 45.3 Å². The summed E-state index contributed by atoms with van der Waals surface area (Å²) in [5.74, 6) is 2.74. The van der Waals surface area contributed by atoms with Crippen LogP contribution in [0.15, 0.2) is 146 Å². The maximum absolute atomic E-state index is 13.7. The van der Waals surface area contributed by atoms with Gasteiger partial charge in [0.1, 0.15) is 23.0 Å². The number of rotatable bonds is 15. The zero-order valence-corrected chi connectivity index (χ0v) is 38.2. The summed E-state index contributed by atoms with van der Waals surface area (Å²) in [7, 11) is 6.52. The van der Waals surface area contributed by atoms with Crippen molar-refractivity contribution in [2.45, 2.75) is 13.8 Å². The fourth-order valence-corrected chi connectivity index (χ4v) is 11.9. The molecule has 4 aromatic heterocycles. The number of aryl methyl sites for hydroxylation is 2. The van der Waals surface area contributed by atoms with Gasteiger partial charge in [-0.2, -0.15) is 0 Å². The van der Waals surface area contributed by atoms with Crippen LogP contribution in [-0.4, -0.2) is 40.0 Å². The highest BCUT2D eigenvalue weighted by molar-refractivity contribution is 7.28. The predicted octanol–water partition coefficient (Wildman–Crippen LogP) is 14.2. The number of thiophene rings is 4. The van der Waals surface area contributed by atoms with Crippen LogP contribution < -0.4 is 18.9 Å². The summed E-state index contributed by atoms with van der Waals surface area (Å²) in [6, 6.07) is 43.2. The zero-order chi connectivity index (χ0) is 43.3. The van der Waals surface area contributed by atoms with Crippen LogP contribution in [0.3, 0.4) is 0 Å². The highest BCUT2D eigenvalue weighted by atomic mass is 32.1. The summed E-state index contributed by atoms with van der Waals surface area (Å²) in [5.41, 5.74) is 7.05. The summed E-state index contributed by atoms with van der Waals surface area (Å²) < 4.78 is 21.5. The van der Waals surface area contributed by atoms with Gasteiger partial charge in [-0.25, -0.2) is 0 Å². The lowest BCUT2D eigenvalue weighted by Gasteiger charge is -2.08. The third kappa shape index (κ3) is 9.15. The number of allylic oxidation sites excluding steroid dienone is 2. The molecule has 0 N–H and O–H groups in total. The van der Waals surface area contributed by atoms with Crippen molar-refractivity contribution in [1.29, 1.82) is 0 Å². The Balaban J connectivity index is 1.08. The van der Waals surface area contributed by atoms with Gasteiger partial charge in [-0.3, -0.25) is 9.59 Å². The van der Waals surface area contributed by atoms with Crippen molar-refractivity contribution in [3.63, 3.8) is 0 Å². The molecule has 310 valence electrons. The number of benzene rings is 4. The van der Waals surface area contributed by atoms with Crippen LogP contribution in [0.1, 0.15) is 52.7 Å². The molecule has 0 radical (unpaired) electrons. The number of hydrogen-bond acceptors (Lipinski definition) is 10. The number of ether oxygens (including phenoxy) is 4. The van der Waals surface area contributed by atoms with Crippen molar-refractivity contribution in [3.05, 3.63) is 189 Å². The second kappa shape index (κ2) is 18.8. The molecule has 0 aliphatic heterocycles. The molecule has 4 aromatic carbocycles. The van der Waals surface area contributed by atoms with E-state index in [4.69, 9.17) is 18.9 Å². The second-order valence-electron chi connectivity index (χ2n) is 14.3. The monoisotopic (exact) mass is 890 g/mol. The average molecular weight is 891 g/mol. The van der Waals surface area contributed by atoms with E-state index >= 15 is 0 Å². The lowest BCUT2D eigenvalue weighted by molar-refractivity contribution is 0.103. The molecule has 6 nitrogen and oxygen atoms in total. The fraction of sp³-hybridized carbons (Fsp3) is 0.115. The molecule has 62 heavy (non-hydrogen) atoms. The molecule has 0 aliphatic carbocycles. The van der Waals surface area contributed by atoms with Gasteiger partial charge in [-0.05, 0) is 157 Å². The lowest BCUT2D eigenvalue weighted by Crippen LogP contribution is -1.97. The van der Waals surface area contributed by atoms with Crippen LogP contribution in [0.25, 0.3) is 40.4 Å². The topological polar surface area (TPSA) is 71.1 Å². The summed E-state index contributed by atoms with van der Waals surface area (Å²) in [5, 5.41) is 0. The molecule has 4 heterocycles. The SMILES string of the molecule is COc1ccc(C(=O)/C=C(/c2ccc(OC)cc2)c2cc(C)c(-c3ccc(-c4ccc(-c5sc(/C(=C\C(=O)c6ccc(OC)cc6)c6ccc(OC)cc6)cc5C)s4)s3)s2)cc1. The van der Waals surface area contributed by atoms with Gasteiger partial charge in [0, 0.05) is 61.3 Å². The molecular formula is C52H42O6S4. The minimum absolute atomic E-state index is 0.0823. The van der Waals surface area contributed by atoms with Crippen molar-refractivity contribution >= 4 is 68.1 Å². The van der Waals surface area contributed by atoms with Crippen LogP contribution in [0.4, 0.5) is 0 Å². The minimum atomic E-state index is -0.0823. The molecule has 0 aliphatic rings. The number of carbonyl (C=O) groups excluding carboxylic acids is 2. The number of carbonyl (C=O) groups is 2. The summed E-state index contributed by atoms with van der Waals surface area (Å²) in [6.45, 7) is 4.26. The molecule has 0 amide bonds. The van der Waals surface area contributed by atoms with Crippen LogP contribution >= 0.6 is 45.3 Å². The first kappa shape index (κ1) is 42.4. The minimum Gasteiger partial charge on any atom is -0.497 e. The summed E-state index contributed by atoms with van der Waals surface area (Å²) in [6.07, 6.45) is 3.47. The fourth-order valence-electron chi connectivity index (χ4n) is 6.98. The largest absolute Gasteiger partial charge is 0.497 e. The molecule has 0 bridgehead atoms. The van der Waals surface area contributed by atoms with Crippen LogP contribution in [-0.2, 0) is 0 Å². The maximum atomic E-state index is 13.7. The quantitative estimate of drug-likeness (QED) is 0.0754. The van der Waals surface area contributed by atoms with Crippen molar-refractivity contribution < 1.29 is 28.5 Å². The Morgan fingerprint density at radius 2 is 0.677 bits per heavy atom. The normalized spacial score (nSPS) is 11.7. The smallest absolute Gasteiger partial charge is 0.186 e. The van der Waals surface area contributed by atoms with Gasteiger partial charge in [0.05, 0.1) is 28.4 Å². The van der Waals surface area contributed by atoms with E-state index in [1.807, 2.05) is 48.5 Å². The van der Waals surface area contributed by atoms with E-state index in [9.17, 15) is 9.59 Å². The molecule has 0 fully saturated rings. The van der Waals surface area contributed by atoms with Gasteiger partial charge < -0.3 is 18.9 Å². The Labute approximate surface area is 377 Å². The Morgan fingerprint density at radius 1 is 0.387 bits per heavy atom. The van der Waals surface area contributed by atoms with Gasteiger partial charge in [0.25, 0.3) is 0 Å². The maximum Gasteiger partial charge on any atom is 0.186 e. The Hall–Kier alpha value is -6.30. The Kier molecular flexibility index (Phi) is 12.8. The number of hydrogen-bond donors (Lipinski definition) is 0. The molecular weight excluding hydrogens is 849 g/mol. The zero-order valence-electron chi connectivity index (χ0n) is 34.9. The van der Waals surface area contributed by atoms with Gasteiger partial charge in [0.2, 0.25) is 0 Å². The van der Waals surface area contributed by atoms with Gasteiger partial charge in [-0.1, -0.05) is 24.3 Å². The van der Waals surface area contributed by atoms with E-state index in [1.54, 1.807) is 134 Å². The Morgan fingerprint density at radius 3 is 0.984 bits per heavy atom. The molecule has 10 heteroatoms. The summed E-state index contributed by atoms with van der Waals surface area (Å²) >= 11 is 6.92. The first-order valence-electron chi connectivity index (χ1n) is 19.7. The highest BCUT2D eigenvalue weighted by Crippen LogP contribution is 2.47. The first-order valence-corrected chi connectivity index (χ1v) is 22.9. The molecule has 0 atom stereocenters. The van der Waals surface area contributed by atoms with Gasteiger partial charge >= 0.3 is 0 Å². The van der Waals surface area contributed by atoms with Crippen molar-refractivity contribution in [2.24, 2.45) is 0 Å². The average Bonchev–Trinajstić information content (AvgIpc) is 4.14. The third-order valence-electron chi connectivity index (χ3n) is 10.4. The molecule has 8 rings (SSSR count). The Bertz CT molecular complexity index is 2720. The van der Waals surface area contributed by atoms with Crippen LogP contribution in [0, 0.1) is 13.8 Å². The lowest BCUT2D eigenvalue weighted by atomic mass is 10.00. The van der Waals surface area contributed by atoms with E-state index in [0.29, 0.717) is 22.6 Å². The van der Waals surface area contributed by atoms with E-state index in [-0.39, 0.29) is 11.6 Å². The van der Waals surface area contributed by atoms with Crippen LogP contribution in [0.2, 0.25) is 0 Å². The van der Waals surface area contributed by atoms with Crippen molar-refractivity contribution in [1.82, 2.24) is 0 Å². The highest BCUT2D eigenvalue weighted by Gasteiger charge is 2.20. The van der Waals surface area contributed by atoms with Gasteiger partial charge in [0.15, 0.2) is 11.6 Å². The van der Waals surface area contributed by atoms with E-state index in [0.717, 1.165) is 54.7 Å². The molecule has 8 aromatic rings. The number of methoxy groups -OCH3 is 4. The van der Waals surface area contributed by atoms with E-state index in [1.165, 1.54) is 29.3 Å². The molecule has 0 spiro atoms. The third-order valence-corrected chi connectivity index (χ3v) is 15.6. The second-order valence-corrected chi connectivity index (χ2v) is 18.6. The van der Waals surface area contributed by atoms with E-state index in [2.05, 4.69) is 50.2 Å². The van der Waals surface area contributed by atoms with Crippen LogP contribution in [0.5, 0.6) is 23.0 Å². The van der Waals surface area contributed by atoms with Crippen molar-refractivity contribution in [2.75, 3.05) is 28.4 Å². The summed E-state index contributed by atoms with van der Waals surface area (Å²) in [4.78, 5) is 36.4.